The van der Waals surface area contributed by atoms with Gasteiger partial charge in [-0.1, -0.05) is 0 Å². The number of aryl methyl sites for hydroxylation is 1. The van der Waals surface area contributed by atoms with E-state index in [1.807, 2.05) is 35.3 Å². The standard InChI is InChI=1S/C11H10N4S2/c1-15-8(9-2-3-10(12)17-9)6-7(14-15)11-13-4-5-16-11/h2-6H,12H2,1H3. The molecule has 0 amide bonds. The smallest absolute Gasteiger partial charge is 0.143 e. The lowest BCUT2D eigenvalue weighted by Crippen LogP contribution is -1.92. The summed E-state index contributed by atoms with van der Waals surface area (Å²) >= 11 is 3.16. The number of nitrogens with two attached hydrogens (primary N) is 1. The number of anilines is 1. The highest BCUT2D eigenvalue weighted by Gasteiger charge is 2.11. The van der Waals surface area contributed by atoms with E-state index < -0.39 is 0 Å². The van der Waals surface area contributed by atoms with Gasteiger partial charge in [-0.05, 0) is 18.2 Å². The average molecular weight is 262 g/mol. The molecule has 0 spiro atoms. The van der Waals surface area contributed by atoms with Crippen LogP contribution in [0.1, 0.15) is 0 Å². The van der Waals surface area contributed by atoms with Gasteiger partial charge < -0.3 is 5.73 Å². The quantitative estimate of drug-likeness (QED) is 0.772. The lowest BCUT2D eigenvalue weighted by atomic mass is 10.3. The third-order valence-electron chi connectivity index (χ3n) is 2.41. The molecule has 0 saturated carbocycles. The van der Waals surface area contributed by atoms with Gasteiger partial charge in [0, 0.05) is 18.6 Å². The van der Waals surface area contributed by atoms with Gasteiger partial charge >= 0.3 is 0 Å². The summed E-state index contributed by atoms with van der Waals surface area (Å²) in [6.45, 7) is 0. The fourth-order valence-electron chi connectivity index (χ4n) is 1.64. The van der Waals surface area contributed by atoms with Crippen molar-refractivity contribution in [1.82, 2.24) is 14.8 Å². The minimum Gasteiger partial charge on any atom is -0.391 e. The zero-order valence-electron chi connectivity index (χ0n) is 9.12. The Morgan fingerprint density at radius 1 is 1.35 bits per heavy atom. The van der Waals surface area contributed by atoms with Crippen LogP contribution in [0.25, 0.3) is 21.3 Å². The van der Waals surface area contributed by atoms with Crippen LogP contribution in [0.4, 0.5) is 5.00 Å². The lowest BCUT2D eigenvalue weighted by Gasteiger charge is -1.95. The molecule has 17 heavy (non-hydrogen) atoms. The number of thiazole rings is 1. The van der Waals surface area contributed by atoms with Crippen LogP contribution in [0.5, 0.6) is 0 Å². The molecular formula is C11H10N4S2. The Morgan fingerprint density at radius 3 is 2.88 bits per heavy atom. The number of nitrogens with zero attached hydrogens (tertiary/aromatic N) is 3. The summed E-state index contributed by atoms with van der Waals surface area (Å²) in [6, 6.07) is 5.98. The Kier molecular flexibility index (Phi) is 2.45. The minimum absolute atomic E-state index is 0.817. The van der Waals surface area contributed by atoms with Crippen LogP contribution in [0.2, 0.25) is 0 Å². The SMILES string of the molecule is Cn1nc(-c2nccs2)cc1-c1ccc(N)s1. The second kappa shape index (κ2) is 3.97. The summed E-state index contributed by atoms with van der Waals surface area (Å²) in [6.07, 6.45) is 1.79. The first-order chi connectivity index (χ1) is 8.24. The largest absolute Gasteiger partial charge is 0.391 e. The van der Waals surface area contributed by atoms with Gasteiger partial charge in [0.15, 0.2) is 0 Å². The summed E-state index contributed by atoms with van der Waals surface area (Å²) in [7, 11) is 1.93. The summed E-state index contributed by atoms with van der Waals surface area (Å²) in [5, 5.41) is 8.18. The van der Waals surface area contributed by atoms with Crippen LogP contribution < -0.4 is 5.73 Å². The summed E-state index contributed by atoms with van der Waals surface area (Å²) in [5.74, 6) is 0. The first kappa shape index (κ1) is 10.5. The summed E-state index contributed by atoms with van der Waals surface area (Å²) < 4.78 is 1.86. The zero-order chi connectivity index (χ0) is 11.8. The molecule has 3 aromatic rings. The first-order valence-corrected chi connectivity index (χ1v) is 6.73. The predicted octanol–water partition coefficient (Wildman–Crippen LogP) is 2.85. The molecule has 0 aromatic carbocycles. The highest BCUT2D eigenvalue weighted by Crippen LogP contribution is 2.32. The molecule has 0 unspecified atom stereocenters. The van der Waals surface area contributed by atoms with E-state index in [-0.39, 0.29) is 0 Å². The molecule has 0 fully saturated rings. The predicted molar refractivity (Wildman–Crippen MR) is 72.0 cm³/mol. The zero-order valence-corrected chi connectivity index (χ0v) is 10.8. The van der Waals surface area contributed by atoms with Gasteiger partial charge in [0.25, 0.3) is 0 Å². The fourth-order valence-corrected chi connectivity index (χ4v) is 3.06. The number of aromatic nitrogens is 3. The molecule has 0 atom stereocenters. The molecule has 0 aliphatic rings. The molecular weight excluding hydrogens is 252 g/mol. The van der Waals surface area contributed by atoms with Gasteiger partial charge in [0.05, 0.1) is 15.6 Å². The third kappa shape index (κ3) is 1.85. The number of hydrogen-bond acceptors (Lipinski definition) is 5. The second-order valence-electron chi connectivity index (χ2n) is 3.58. The Labute approximate surface area is 106 Å². The lowest BCUT2D eigenvalue weighted by molar-refractivity contribution is 0.780. The van der Waals surface area contributed by atoms with E-state index in [4.69, 9.17) is 5.73 Å². The molecule has 0 aliphatic heterocycles. The molecule has 3 heterocycles. The number of thiophene rings is 1. The van der Waals surface area contributed by atoms with Crippen LogP contribution in [-0.2, 0) is 7.05 Å². The summed E-state index contributed by atoms with van der Waals surface area (Å²) in [4.78, 5) is 5.39. The Balaban J connectivity index is 2.07. The molecule has 0 bridgehead atoms. The Bertz CT molecular complexity index is 636. The van der Waals surface area contributed by atoms with E-state index in [1.165, 1.54) is 0 Å². The van der Waals surface area contributed by atoms with E-state index in [2.05, 4.69) is 10.1 Å². The number of nitrogen functional groups attached to an aromatic ring is 1. The van der Waals surface area contributed by atoms with E-state index >= 15 is 0 Å². The van der Waals surface area contributed by atoms with Crippen molar-refractivity contribution in [2.75, 3.05) is 5.73 Å². The van der Waals surface area contributed by atoms with Crippen molar-refractivity contribution in [1.29, 1.82) is 0 Å². The molecule has 3 rings (SSSR count). The van der Waals surface area contributed by atoms with E-state index in [0.29, 0.717) is 0 Å². The maximum absolute atomic E-state index is 5.75. The number of rotatable bonds is 2. The first-order valence-electron chi connectivity index (χ1n) is 5.03. The molecule has 3 aromatic heterocycles. The topological polar surface area (TPSA) is 56.7 Å². The van der Waals surface area contributed by atoms with E-state index in [1.54, 1.807) is 28.9 Å². The number of hydrogen-bond donors (Lipinski definition) is 1. The van der Waals surface area contributed by atoms with Gasteiger partial charge in [-0.2, -0.15) is 5.10 Å². The van der Waals surface area contributed by atoms with Crippen molar-refractivity contribution >= 4 is 27.7 Å². The Hall–Kier alpha value is -1.66. The van der Waals surface area contributed by atoms with Gasteiger partial charge in [-0.3, -0.25) is 4.68 Å². The molecule has 0 aliphatic carbocycles. The Morgan fingerprint density at radius 2 is 2.24 bits per heavy atom. The van der Waals surface area contributed by atoms with Crippen molar-refractivity contribution < 1.29 is 0 Å². The van der Waals surface area contributed by atoms with Crippen LogP contribution >= 0.6 is 22.7 Å². The van der Waals surface area contributed by atoms with Crippen molar-refractivity contribution in [2.24, 2.45) is 7.05 Å². The van der Waals surface area contributed by atoms with Crippen LogP contribution in [0, 0.1) is 0 Å². The molecule has 2 N–H and O–H groups in total. The van der Waals surface area contributed by atoms with Crippen molar-refractivity contribution in [3.63, 3.8) is 0 Å². The molecule has 86 valence electrons. The molecule has 0 radical (unpaired) electrons. The monoisotopic (exact) mass is 262 g/mol. The third-order valence-corrected chi connectivity index (χ3v) is 4.14. The molecule has 6 heteroatoms. The van der Waals surface area contributed by atoms with Crippen molar-refractivity contribution in [2.45, 2.75) is 0 Å². The van der Waals surface area contributed by atoms with Gasteiger partial charge in [0.2, 0.25) is 0 Å². The van der Waals surface area contributed by atoms with Crippen LogP contribution in [0.3, 0.4) is 0 Å². The molecule has 0 saturated heterocycles. The van der Waals surface area contributed by atoms with Gasteiger partial charge in [-0.25, -0.2) is 4.98 Å². The van der Waals surface area contributed by atoms with Crippen molar-refractivity contribution in [3.05, 3.63) is 29.8 Å². The summed E-state index contributed by atoms with van der Waals surface area (Å²) in [5.41, 5.74) is 7.72. The second-order valence-corrected chi connectivity index (χ2v) is 5.59. The van der Waals surface area contributed by atoms with Gasteiger partial charge in [-0.15, -0.1) is 22.7 Å². The fraction of sp³-hybridized carbons (Fsp3) is 0.0909. The van der Waals surface area contributed by atoms with Gasteiger partial charge in [0.1, 0.15) is 10.7 Å². The molecule has 4 nitrogen and oxygen atoms in total. The maximum atomic E-state index is 5.75. The minimum atomic E-state index is 0.817. The van der Waals surface area contributed by atoms with E-state index in [0.717, 1.165) is 26.3 Å². The normalized spacial score (nSPS) is 10.9. The average Bonchev–Trinajstić information content (AvgIpc) is 2.97. The van der Waals surface area contributed by atoms with Crippen LogP contribution in [0.15, 0.2) is 29.8 Å². The van der Waals surface area contributed by atoms with E-state index in [9.17, 15) is 0 Å². The highest BCUT2D eigenvalue weighted by atomic mass is 32.1. The van der Waals surface area contributed by atoms with Crippen LogP contribution in [-0.4, -0.2) is 14.8 Å². The maximum Gasteiger partial charge on any atom is 0.143 e. The highest BCUT2D eigenvalue weighted by molar-refractivity contribution is 7.19. The van der Waals surface area contributed by atoms with Crippen molar-refractivity contribution in [3.8, 4) is 21.3 Å².